The number of likely N-dealkylation sites (N-methyl/N-ethyl adjacent to an activating group) is 1. The van der Waals surface area contributed by atoms with Crippen LogP contribution in [0.1, 0.15) is 29.8 Å². The highest BCUT2D eigenvalue weighted by atomic mass is 16.2. The van der Waals surface area contributed by atoms with Crippen molar-refractivity contribution in [2.45, 2.75) is 19.9 Å². The van der Waals surface area contributed by atoms with E-state index in [1.165, 1.54) is 0 Å². The second-order valence-electron chi connectivity index (χ2n) is 5.63. The maximum atomic E-state index is 12.3. The van der Waals surface area contributed by atoms with Crippen LogP contribution in [0.15, 0.2) is 24.3 Å². The quantitative estimate of drug-likeness (QED) is 0.804. The van der Waals surface area contributed by atoms with Crippen LogP contribution < -0.4 is 5.32 Å². The van der Waals surface area contributed by atoms with Gasteiger partial charge < -0.3 is 15.3 Å². The van der Waals surface area contributed by atoms with Crippen molar-refractivity contribution >= 4 is 5.91 Å². The molecule has 1 unspecified atom stereocenters. The van der Waals surface area contributed by atoms with E-state index in [4.69, 9.17) is 5.11 Å². The van der Waals surface area contributed by atoms with E-state index in [9.17, 15) is 4.79 Å². The largest absolute Gasteiger partial charge is 0.384 e. The summed E-state index contributed by atoms with van der Waals surface area (Å²) in [6.07, 6.45) is 0. The van der Waals surface area contributed by atoms with Gasteiger partial charge in [0, 0.05) is 23.7 Å². The van der Waals surface area contributed by atoms with Gasteiger partial charge in [0.1, 0.15) is 6.61 Å². The van der Waals surface area contributed by atoms with Crippen molar-refractivity contribution in [1.29, 1.82) is 0 Å². The Hall–Kier alpha value is -1.83. The van der Waals surface area contributed by atoms with Crippen LogP contribution in [0.5, 0.6) is 0 Å². The van der Waals surface area contributed by atoms with Gasteiger partial charge in [-0.3, -0.25) is 4.79 Å². The molecule has 0 heterocycles. The number of nitrogens with zero attached hydrogens (tertiary/aromatic N) is 1. The van der Waals surface area contributed by atoms with Gasteiger partial charge in [-0.2, -0.15) is 0 Å². The summed E-state index contributed by atoms with van der Waals surface area (Å²) in [5.41, 5.74) is 1.31. The molecule has 0 saturated carbocycles. The Kier molecular flexibility index (Phi) is 6.93. The Morgan fingerprint density at radius 2 is 2.10 bits per heavy atom. The zero-order valence-corrected chi connectivity index (χ0v) is 13.2. The van der Waals surface area contributed by atoms with Gasteiger partial charge in [0.15, 0.2) is 0 Å². The summed E-state index contributed by atoms with van der Waals surface area (Å²) in [5.74, 6) is 5.65. The highest BCUT2D eigenvalue weighted by molar-refractivity contribution is 5.94. The molecule has 1 aromatic rings. The molecule has 1 amide bonds. The normalized spacial score (nSPS) is 12.0. The van der Waals surface area contributed by atoms with Crippen LogP contribution in [0.4, 0.5) is 0 Å². The average Bonchev–Trinajstić information content (AvgIpc) is 2.44. The maximum Gasteiger partial charge on any atom is 0.251 e. The lowest BCUT2D eigenvalue weighted by Crippen LogP contribution is -2.45. The average molecular weight is 288 g/mol. The molecule has 1 rings (SSSR count). The monoisotopic (exact) mass is 288 g/mol. The number of hydrogen-bond acceptors (Lipinski definition) is 3. The van der Waals surface area contributed by atoms with Crippen molar-refractivity contribution in [2.24, 2.45) is 5.92 Å². The fourth-order valence-corrected chi connectivity index (χ4v) is 1.95. The number of hydrogen-bond donors (Lipinski definition) is 2. The van der Waals surface area contributed by atoms with E-state index in [1.54, 1.807) is 18.2 Å². The number of carbonyl (C=O) groups excluding carboxylic acids is 1. The summed E-state index contributed by atoms with van der Waals surface area (Å²) >= 11 is 0. The van der Waals surface area contributed by atoms with Crippen molar-refractivity contribution in [1.82, 2.24) is 10.2 Å². The lowest BCUT2D eigenvalue weighted by molar-refractivity contribution is 0.0916. The summed E-state index contributed by atoms with van der Waals surface area (Å²) in [6.45, 7) is 4.80. The van der Waals surface area contributed by atoms with Gasteiger partial charge in [-0.15, -0.1) is 0 Å². The van der Waals surface area contributed by atoms with Crippen molar-refractivity contribution in [2.75, 3.05) is 27.2 Å². The molecule has 0 fully saturated rings. The molecular formula is C17H24N2O2. The Balaban J connectivity index is 2.82. The van der Waals surface area contributed by atoms with E-state index in [0.29, 0.717) is 11.5 Å². The molecule has 0 bridgehead atoms. The third-order valence-electron chi connectivity index (χ3n) is 3.12. The van der Waals surface area contributed by atoms with E-state index in [2.05, 4.69) is 35.9 Å². The fourth-order valence-electron chi connectivity index (χ4n) is 1.95. The first-order chi connectivity index (χ1) is 9.93. The lowest BCUT2D eigenvalue weighted by atomic mass is 10.0. The second-order valence-corrected chi connectivity index (χ2v) is 5.63. The van der Waals surface area contributed by atoms with Crippen molar-refractivity contribution in [3.05, 3.63) is 35.4 Å². The van der Waals surface area contributed by atoms with Gasteiger partial charge in [0.2, 0.25) is 0 Å². The van der Waals surface area contributed by atoms with Crippen molar-refractivity contribution in [3.8, 4) is 11.8 Å². The third-order valence-corrected chi connectivity index (χ3v) is 3.12. The maximum absolute atomic E-state index is 12.3. The molecular weight excluding hydrogens is 264 g/mol. The summed E-state index contributed by atoms with van der Waals surface area (Å²) in [4.78, 5) is 14.4. The van der Waals surface area contributed by atoms with Gasteiger partial charge >= 0.3 is 0 Å². The number of rotatable bonds is 5. The molecule has 1 atom stereocenters. The van der Waals surface area contributed by atoms with Crippen LogP contribution >= 0.6 is 0 Å². The minimum Gasteiger partial charge on any atom is -0.384 e. The molecule has 0 aliphatic rings. The SMILES string of the molecule is CC(C)C(CN(C)C)NC(=O)c1cccc(C#CCO)c1. The number of benzene rings is 1. The van der Waals surface area contributed by atoms with Crippen molar-refractivity contribution in [3.63, 3.8) is 0 Å². The summed E-state index contributed by atoms with van der Waals surface area (Å²) in [7, 11) is 3.99. The topological polar surface area (TPSA) is 52.6 Å². The molecule has 2 N–H and O–H groups in total. The minimum absolute atomic E-state index is 0.0943. The zero-order chi connectivity index (χ0) is 15.8. The molecule has 0 aromatic heterocycles. The minimum atomic E-state index is -0.186. The van der Waals surface area contributed by atoms with Gasteiger partial charge in [-0.25, -0.2) is 0 Å². The predicted molar refractivity (Wildman–Crippen MR) is 85.1 cm³/mol. The van der Waals surface area contributed by atoms with E-state index in [0.717, 1.165) is 12.1 Å². The first kappa shape index (κ1) is 17.2. The van der Waals surface area contributed by atoms with Crippen LogP contribution in [-0.4, -0.2) is 49.2 Å². The number of nitrogens with one attached hydrogen (secondary N) is 1. The van der Waals surface area contributed by atoms with E-state index >= 15 is 0 Å². The number of aliphatic hydroxyl groups is 1. The molecule has 4 heteroatoms. The lowest BCUT2D eigenvalue weighted by Gasteiger charge is -2.25. The van der Waals surface area contributed by atoms with Crippen LogP contribution in [0.2, 0.25) is 0 Å². The summed E-state index contributed by atoms with van der Waals surface area (Å²) in [6, 6.07) is 7.23. The second kappa shape index (κ2) is 8.46. The number of aliphatic hydroxyl groups excluding tert-OH is 1. The molecule has 0 radical (unpaired) electrons. The van der Waals surface area contributed by atoms with Crippen molar-refractivity contribution < 1.29 is 9.90 Å². The molecule has 0 aliphatic heterocycles. The molecule has 1 aromatic carbocycles. The van der Waals surface area contributed by atoms with Crippen LogP contribution in [0, 0.1) is 17.8 Å². The third kappa shape index (κ3) is 5.99. The van der Waals surface area contributed by atoms with Crippen LogP contribution in [-0.2, 0) is 0 Å². The highest BCUT2D eigenvalue weighted by Crippen LogP contribution is 2.08. The smallest absolute Gasteiger partial charge is 0.251 e. The Morgan fingerprint density at radius 1 is 1.38 bits per heavy atom. The predicted octanol–water partition coefficient (Wildman–Crippen LogP) is 1.35. The molecule has 21 heavy (non-hydrogen) atoms. The molecule has 0 spiro atoms. The molecule has 0 saturated heterocycles. The molecule has 0 aliphatic carbocycles. The Morgan fingerprint density at radius 3 is 2.67 bits per heavy atom. The Bertz CT molecular complexity index is 527. The van der Waals surface area contributed by atoms with Crippen LogP contribution in [0.3, 0.4) is 0 Å². The first-order valence-electron chi connectivity index (χ1n) is 7.09. The number of amides is 1. The highest BCUT2D eigenvalue weighted by Gasteiger charge is 2.17. The van der Waals surface area contributed by atoms with Gasteiger partial charge in [-0.05, 0) is 38.2 Å². The standard InChI is InChI=1S/C17H24N2O2/c1-13(2)16(12-19(3)4)18-17(21)15-9-5-7-14(11-15)8-6-10-20/h5,7,9,11,13,16,20H,10,12H2,1-4H3,(H,18,21). The van der Waals surface area contributed by atoms with E-state index in [-0.39, 0.29) is 18.6 Å². The fraction of sp³-hybridized carbons (Fsp3) is 0.471. The Labute approximate surface area is 127 Å². The summed E-state index contributed by atoms with van der Waals surface area (Å²) in [5, 5.41) is 11.8. The van der Waals surface area contributed by atoms with Gasteiger partial charge in [0.25, 0.3) is 5.91 Å². The van der Waals surface area contributed by atoms with E-state index < -0.39 is 0 Å². The van der Waals surface area contributed by atoms with Gasteiger partial charge in [-0.1, -0.05) is 31.8 Å². The van der Waals surface area contributed by atoms with E-state index in [1.807, 2.05) is 20.2 Å². The first-order valence-corrected chi connectivity index (χ1v) is 7.09. The molecule has 114 valence electrons. The zero-order valence-electron chi connectivity index (χ0n) is 13.2. The summed E-state index contributed by atoms with van der Waals surface area (Å²) < 4.78 is 0. The molecule has 4 nitrogen and oxygen atoms in total. The number of carbonyl (C=O) groups is 1. The van der Waals surface area contributed by atoms with Gasteiger partial charge in [0.05, 0.1) is 0 Å². The van der Waals surface area contributed by atoms with Crippen LogP contribution in [0.25, 0.3) is 0 Å².